The summed E-state index contributed by atoms with van der Waals surface area (Å²) in [5, 5.41) is 0. The Balaban J connectivity index is 2.64. The average Bonchev–Trinajstić information content (AvgIpc) is 2.08. The molecule has 1 rings (SSSR count). The minimum atomic E-state index is -0.612. The fourth-order valence-corrected chi connectivity index (χ4v) is 1.25. The second kappa shape index (κ2) is 3.67. The van der Waals surface area contributed by atoms with Crippen LogP contribution in [0.15, 0.2) is 0 Å². The number of Topliss-reactive ketones (excluding diaryl/α,β-unsaturated/α-hetero) is 1. The second-order valence-electron chi connectivity index (χ2n) is 2.78. The van der Waals surface area contributed by atoms with Crippen molar-refractivity contribution in [1.82, 2.24) is 0 Å². The van der Waals surface area contributed by atoms with Crippen LogP contribution in [0.5, 0.6) is 0 Å². The molecule has 0 aromatic rings. The van der Waals surface area contributed by atoms with Crippen LogP contribution in [-0.2, 0) is 19.1 Å². The van der Waals surface area contributed by atoms with Crippen LogP contribution in [0.4, 0.5) is 0 Å². The summed E-state index contributed by atoms with van der Waals surface area (Å²) in [6, 6.07) is 0. The van der Waals surface area contributed by atoms with Crippen LogP contribution in [-0.4, -0.2) is 31.6 Å². The highest BCUT2D eigenvalue weighted by Gasteiger charge is 2.34. The lowest BCUT2D eigenvalue weighted by atomic mass is 9.95. The maximum atomic E-state index is 11.3. The summed E-state index contributed by atoms with van der Waals surface area (Å²) in [5.41, 5.74) is 0. The highest BCUT2D eigenvalue weighted by atomic mass is 16.5. The molecule has 1 heterocycles. The molecule has 2 unspecified atom stereocenters. The van der Waals surface area contributed by atoms with Gasteiger partial charge in [0.25, 0.3) is 0 Å². The molecule has 0 saturated carbocycles. The first kappa shape index (κ1) is 9.19. The Bertz CT molecular complexity index is 199. The number of hydrogen-bond donors (Lipinski definition) is 0. The Morgan fingerprint density at radius 3 is 2.92 bits per heavy atom. The summed E-state index contributed by atoms with van der Waals surface area (Å²) in [4.78, 5) is 22.3. The summed E-state index contributed by atoms with van der Waals surface area (Å²) >= 11 is 0. The van der Waals surface area contributed by atoms with E-state index in [0.717, 1.165) is 0 Å². The van der Waals surface area contributed by atoms with E-state index in [1.807, 2.05) is 0 Å². The first-order valence-corrected chi connectivity index (χ1v) is 3.90. The fraction of sp³-hybridized carbons (Fsp3) is 0.750. The first-order chi connectivity index (χ1) is 5.66. The normalized spacial score (nSPS) is 30.0. The summed E-state index contributed by atoms with van der Waals surface area (Å²) in [5.74, 6) is -1.23. The molecule has 0 aliphatic carbocycles. The molecule has 1 aliphatic heterocycles. The molecule has 2 atom stereocenters. The van der Waals surface area contributed by atoms with Gasteiger partial charge in [0, 0.05) is 6.61 Å². The molecule has 12 heavy (non-hydrogen) atoms. The largest absolute Gasteiger partial charge is 0.468 e. The molecule has 0 aromatic heterocycles. The van der Waals surface area contributed by atoms with Crippen molar-refractivity contribution in [2.24, 2.45) is 5.92 Å². The standard InChI is InChI=1S/C8H12O4/c1-5-7(9)6(3-4-12-5)8(10)11-2/h5-6H,3-4H2,1-2H3. The van der Waals surface area contributed by atoms with Crippen molar-refractivity contribution in [3.63, 3.8) is 0 Å². The fourth-order valence-electron chi connectivity index (χ4n) is 1.25. The van der Waals surface area contributed by atoms with Gasteiger partial charge in [0.05, 0.1) is 7.11 Å². The Morgan fingerprint density at radius 2 is 2.33 bits per heavy atom. The van der Waals surface area contributed by atoms with E-state index in [2.05, 4.69) is 4.74 Å². The van der Waals surface area contributed by atoms with E-state index >= 15 is 0 Å². The van der Waals surface area contributed by atoms with Gasteiger partial charge in [0.2, 0.25) is 0 Å². The van der Waals surface area contributed by atoms with Gasteiger partial charge in [-0.2, -0.15) is 0 Å². The topological polar surface area (TPSA) is 52.6 Å². The number of esters is 1. The van der Waals surface area contributed by atoms with E-state index in [1.165, 1.54) is 7.11 Å². The van der Waals surface area contributed by atoms with Crippen LogP contribution < -0.4 is 0 Å². The second-order valence-corrected chi connectivity index (χ2v) is 2.78. The van der Waals surface area contributed by atoms with Crippen molar-refractivity contribution in [1.29, 1.82) is 0 Å². The van der Waals surface area contributed by atoms with Gasteiger partial charge in [0.1, 0.15) is 12.0 Å². The molecule has 0 aromatic carbocycles. The van der Waals surface area contributed by atoms with Gasteiger partial charge in [-0.25, -0.2) is 0 Å². The first-order valence-electron chi connectivity index (χ1n) is 3.90. The number of ketones is 1. The van der Waals surface area contributed by atoms with Crippen molar-refractivity contribution in [3.05, 3.63) is 0 Å². The smallest absolute Gasteiger partial charge is 0.316 e. The third-order valence-electron chi connectivity index (χ3n) is 2.00. The molecule has 0 N–H and O–H groups in total. The molecule has 0 amide bonds. The Hall–Kier alpha value is -0.900. The molecule has 4 heteroatoms. The quantitative estimate of drug-likeness (QED) is 0.417. The molecule has 0 bridgehead atoms. The zero-order valence-electron chi connectivity index (χ0n) is 7.20. The SMILES string of the molecule is COC(=O)C1CCOC(C)C1=O. The summed E-state index contributed by atoms with van der Waals surface area (Å²) < 4.78 is 9.55. The number of hydrogen-bond acceptors (Lipinski definition) is 4. The van der Waals surface area contributed by atoms with Crippen LogP contribution >= 0.6 is 0 Å². The van der Waals surface area contributed by atoms with E-state index in [1.54, 1.807) is 6.92 Å². The Labute approximate surface area is 70.8 Å². The van der Waals surface area contributed by atoms with Crippen LogP contribution in [0.2, 0.25) is 0 Å². The predicted octanol–water partition coefficient (Wildman–Crippen LogP) is 0.153. The van der Waals surface area contributed by atoms with E-state index in [4.69, 9.17) is 4.74 Å². The van der Waals surface area contributed by atoms with Gasteiger partial charge in [0.15, 0.2) is 5.78 Å². The molecule has 0 radical (unpaired) electrons. The number of ether oxygens (including phenoxy) is 2. The van der Waals surface area contributed by atoms with Crippen LogP contribution in [0.3, 0.4) is 0 Å². The van der Waals surface area contributed by atoms with Gasteiger partial charge in [-0.3, -0.25) is 9.59 Å². The molecule has 0 spiro atoms. The molecule has 4 nitrogen and oxygen atoms in total. The van der Waals surface area contributed by atoms with Crippen molar-refractivity contribution in [2.45, 2.75) is 19.4 Å². The van der Waals surface area contributed by atoms with Crippen LogP contribution in [0, 0.1) is 5.92 Å². The van der Waals surface area contributed by atoms with E-state index in [0.29, 0.717) is 13.0 Å². The molecule has 1 saturated heterocycles. The zero-order chi connectivity index (χ0) is 9.14. The monoisotopic (exact) mass is 172 g/mol. The van der Waals surface area contributed by atoms with Gasteiger partial charge in [-0.05, 0) is 13.3 Å². The summed E-state index contributed by atoms with van der Waals surface area (Å²) in [6.45, 7) is 2.10. The predicted molar refractivity (Wildman–Crippen MR) is 40.5 cm³/mol. The molecule has 1 aliphatic rings. The minimum Gasteiger partial charge on any atom is -0.468 e. The minimum absolute atomic E-state index is 0.173. The van der Waals surface area contributed by atoms with Gasteiger partial charge >= 0.3 is 5.97 Å². The molecular formula is C8H12O4. The third-order valence-corrected chi connectivity index (χ3v) is 2.00. The van der Waals surface area contributed by atoms with Crippen LogP contribution in [0.1, 0.15) is 13.3 Å². The van der Waals surface area contributed by atoms with Crippen molar-refractivity contribution in [2.75, 3.05) is 13.7 Å². The lowest BCUT2D eigenvalue weighted by molar-refractivity contribution is -0.158. The van der Waals surface area contributed by atoms with Gasteiger partial charge in [-0.1, -0.05) is 0 Å². The molecular weight excluding hydrogens is 160 g/mol. The average molecular weight is 172 g/mol. The highest BCUT2D eigenvalue weighted by Crippen LogP contribution is 2.17. The number of methoxy groups -OCH3 is 1. The van der Waals surface area contributed by atoms with Gasteiger partial charge < -0.3 is 9.47 Å². The third kappa shape index (κ3) is 1.64. The maximum absolute atomic E-state index is 11.3. The zero-order valence-corrected chi connectivity index (χ0v) is 7.20. The summed E-state index contributed by atoms with van der Waals surface area (Å²) in [7, 11) is 1.29. The lowest BCUT2D eigenvalue weighted by Crippen LogP contribution is -2.39. The van der Waals surface area contributed by atoms with Crippen molar-refractivity contribution >= 4 is 11.8 Å². The lowest BCUT2D eigenvalue weighted by Gasteiger charge is -2.23. The summed E-state index contributed by atoms with van der Waals surface area (Å²) in [6.07, 6.45) is -0.0293. The van der Waals surface area contributed by atoms with Crippen molar-refractivity contribution < 1.29 is 19.1 Å². The number of carbonyl (C=O) groups excluding carboxylic acids is 2. The molecule has 1 fully saturated rings. The highest BCUT2D eigenvalue weighted by molar-refractivity contribution is 6.01. The van der Waals surface area contributed by atoms with Crippen molar-refractivity contribution in [3.8, 4) is 0 Å². The Kier molecular flexibility index (Phi) is 2.81. The van der Waals surface area contributed by atoms with E-state index in [-0.39, 0.29) is 5.78 Å². The number of carbonyl (C=O) groups is 2. The number of rotatable bonds is 1. The van der Waals surface area contributed by atoms with E-state index in [9.17, 15) is 9.59 Å². The van der Waals surface area contributed by atoms with E-state index < -0.39 is 18.0 Å². The van der Waals surface area contributed by atoms with Gasteiger partial charge in [-0.15, -0.1) is 0 Å². The van der Waals surface area contributed by atoms with Crippen LogP contribution in [0.25, 0.3) is 0 Å². The molecule has 68 valence electrons. The maximum Gasteiger partial charge on any atom is 0.316 e. The Morgan fingerprint density at radius 1 is 1.67 bits per heavy atom.